The van der Waals surface area contributed by atoms with Gasteiger partial charge in [-0.1, -0.05) is 0 Å². The summed E-state index contributed by atoms with van der Waals surface area (Å²) in [5.74, 6) is -1.32. The fourth-order valence-corrected chi connectivity index (χ4v) is 0.902. The van der Waals surface area contributed by atoms with Crippen LogP contribution < -0.4 is 0 Å². The lowest BCUT2D eigenvalue weighted by atomic mass is 10.1. The molecule has 0 amide bonds. The van der Waals surface area contributed by atoms with Crippen LogP contribution in [0.15, 0.2) is 5.16 Å². The second kappa shape index (κ2) is 6.81. The fourth-order valence-electron chi connectivity index (χ4n) is 0.902. The molecule has 0 rings (SSSR count). The number of nitro groups is 1. The molecule has 0 aliphatic heterocycles. The molecule has 0 aromatic rings. The largest absolute Gasteiger partial charge is 0.792 e. The molecule has 0 atom stereocenters. The number of unbranched alkanes of at least 4 members (excludes halogenated alkanes) is 2. The Labute approximate surface area is 80.2 Å². The van der Waals surface area contributed by atoms with Gasteiger partial charge in [0.05, 0.1) is 0 Å². The van der Waals surface area contributed by atoms with Crippen LogP contribution in [0.25, 0.3) is 0 Å². The van der Waals surface area contributed by atoms with Gasteiger partial charge in [-0.15, -0.1) is 0 Å². The predicted molar refractivity (Wildman–Crippen MR) is 48.8 cm³/mol. The molecule has 0 heterocycles. The third kappa shape index (κ3) is 5.92. The van der Waals surface area contributed by atoms with E-state index in [1.807, 2.05) is 0 Å². The fraction of sp³-hybridized carbons (Fsp3) is 0.714. The number of carboxylic acid groups (broad SMARTS) is 1. The van der Waals surface area contributed by atoms with Crippen molar-refractivity contribution in [1.82, 2.24) is 0 Å². The maximum atomic E-state index is 10.3. The van der Waals surface area contributed by atoms with Gasteiger partial charge in [-0.2, -0.15) is 0 Å². The van der Waals surface area contributed by atoms with Gasteiger partial charge >= 0.3 is 5.97 Å². The minimum atomic E-state index is -1.32. The smallest absolute Gasteiger partial charge is 0.349 e. The zero-order chi connectivity index (χ0) is 11.0. The summed E-state index contributed by atoms with van der Waals surface area (Å²) >= 11 is 0. The van der Waals surface area contributed by atoms with Crippen LogP contribution in [0.3, 0.4) is 0 Å². The minimum Gasteiger partial charge on any atom is -0.792 e. The third-order valence-corrected chi connectivity index (χ3v) is 1.61. The number of hydrogen-bond donors (Lipinski definition) is 1. The second-order valence-electron chi connectivity index (χ2n) is 2.71. The lowest BCUT2D eigenvalue weighted by molar-refractivity contribution is -0.480. The number of nitrogens with zero attached hydrogens (tertiary/aromatic N) is 2. The molecule has 0 fully saturated rings. The molecule has 0 aliphatic rings. The van der Waals surface area contributed by atoms with E-state index in [1.165, 1.54) is 0 Å². The average Bonchev–Trinajstić information content (AvgIpc) is 2.10. The Bertz CT molecular complexity index is 238. The summed E-state index contributed by atoms with van der Waals surface area (Å²) in [6, 6.07) is 0. The number of hydrogen-bond acceptors (Lipinski definition) is 5. The first kappa shape index (κ1) is 12.3. The van der Waals surface area contributed by atoms with Gasteiger partial charge in [-0.05, 0) is 19.3 Å². The lowest BCUT2D eigenvalue weighted by Crippen LogP contribution is -2.12. The van der Waals surface area contributed by atoms with Crippen LogP contribution in [0, 0.1) is 15.3 Å². The maximum absolute atomic E-state index is 10.3. The molecule has 0 unspecified atom stereocenters. The van der Waals surface area contributed by atoms with E-state index in [0.29, 0.717) is 19.3 Å². The van der Waals surface area contributed by atoms with E-state index in [0.717, 1.165) is 0 Å². The van der Waals surface area contributed by atoms with Gasteiger partial charge in [0.15, 0.2) is 0 Å². The monoisotopic (exact) mass is 203 g/mol. The molecular formula is C7H11N2O5-. The highest BCUT2D eigenvalue weighted by molar-refractivity contribution is 6.35. The molecule has 14 heavy (non-hydrogen) atoms. The van der Waals surface area contributed by atoms with Crippen LogP contribution in [0.2, 0.25) is 0 Å². The predicted octanol–water partition coefficient (Wildman–Crippen LogP) is 0.847. The number of carboxylic acids is 1. The molecule has 7 heteroatoms. The van der Waals surface area contributed by atoms with Crippen molar-refractivity contribution in [3.63, 3.8) is 0 Å². The highest BCUT2D eigenvalue weighted by Gasteiger charge is 2.06. The molecular weight excluding hydrogens is 192 g/mol. The van der Waals surface area contributed by atoms with E-state index in [-0.39, 0.29) is 13.0 Å². The average molecular weight is 203 g/mol. The lowest BCUT2D eigenvalue weighted by Gasteiger charge is -2.02. The summed E-state index contributed by atoms with van der Waals surface area (Å²) in [6.45, 7) is -0.128. The van der Waals surface area contributed by atoms with Crippen LogP contribution in [0.4, 0.5) is 0 Å². The van der Waals surface area contributed by atoms with Crippen molar-refractivity contribution >= 4 is 11.7 Å². The Morgan fingerprint density at radius 2 is 2.00 bits per heavy atom. The van der Waals surface area contributed by atoms with Crippen molar-refractivity contribution < 1.29 is 14.8 Å². The van der Waals surface area contributed by atoms with E-state index in [9.17, 15) is 20.1 Å². The molecule has 0 radical (unpaired) electrons. The normalized spacial score (nSPS) is 11.3. The summed E-state index contributed by atoms with van der Waals surface area (Å²) in [5.41, 5.74) is -0.425. The Kier molecular flexibility index (Phi) is 6.01. The van der Waals surface area contributed by atoms with E-state index < -0.39 is 16.6 Å². The van der Waals surface area contributed by atoms with Gasteiger partial charge < -0.3 is 15.5 Å². The van der Waals surface area contributed by atoms with Gasteiger partial charge in [0.25, 0.3) is 0 Å². The van der Waals surface area contributed by atoms with Crippen LogP contribution >= 0.6 is 0 Å². The number of aliphatic carboxylic acids is 1. The van der Waals surface area contributed by atoms with Gasteiger partial charge in [0, 0.05) is 11.3 Å². The molecule has 0 aliphatic carbocycles. The highest BCUT2D eigenvalue weighted by Crippen LogP contribution is 2.02. The standard InChI is InChI=1S/C7H12N2O5/c10-7(11)6(8-12)4-2-1-3-5-9(13)14/h12H,1-5H2,(H,10,11)/p-1/b8-6+. The Morgan fingerprint density at radius 3 is 2.43 bits per heavy atom. The Balaban J connectivity index is 3.53. The SMILES string of the molecule is O=C(O)/C(CCCCC[N+](=O)[O-])=N/[O-]. The van der Waals surface area contributed by atoms with Crippen molar-refractivity contribution in [2.45, 2.75) is 25.7 Å². The van der Waals surface area contributed by atoms with E-state index >= 15 is 0 Å². The third-order valence-electron chi connectivity index (χ3n) is 1.61. The Morgan fingerprint density at radius 1 is 1.36 bits per heavy atom. The van der Waals surface area contributed by atoms with Crippen molar-refractivity contribution in [2.75, 3.05) is 6.54 Å². The van der Waals surface area contributed by atoms with Crippen LogP contribution in [-0.4, -0.2) is 28.3 Å². The minimum absolute atomic E-state index is 0.0660. The van der Waals surface area contributed by atoms with Crippen molar-refractivity contribution in [1.29, 1.82) is 0 Å². The summed E-state index contributed by atoms with van der Waals surface area (Å²) in [6.07, 6.45) is 1.41. The van der Waals surface area contributed by atoms with Gasteiger partial charge in [0.2, 0.25) is 6.54 Å². The molecule has 7 nitrogen and oxygen atoms in total. The van der Waals surface area contributed by atoms with Crippen LogP contribution in [-0.2, 0) is 4.79 Å². The number of carbonyl (C=O) groups is 1. The first-order valence-electron chi connectivity index (χ1n) is 4.12. The molecule has 0 saturated carbocycles. The van der Waals surface area contributed by atoms with Crippen LogP contribution in [0.1, 0.15) is 25.7 Å². The summed E-state index contributed by atoms with van der Waals surface area (Å²) < 4.78 is 0. The van der Waals surface area contributed by atoms with Gasteiger partial charge in [-0.3, -0.25) is 10.1 Å². The van der Waals surface area contributed by atoms with E-state index in [4.69, 9.17) is 5.11 Å². The van der Waals surface area contributed by atoms with Gasteiger partial charge in [-0.25, -0.2) is 4.79 Å². The molecule has 0 bridgehead atoms. The van der Waals surface area contributed by atoms with E-state index in [1.54, 1.807) is 0 Å². The Hall–Kier alpha value is -1.66. The summed E-state index contributed by atoms with van der Waals surface area (Å²) in [4.78, 5) is 19.7. The molecule has 0 aromatic heterocycles. The zero-order valence-electron chi connectivity index (χ0n) is 7.51. The highest BCUT2D eigenvalue weighted by atomic mass is 16.6. The zero-order valence-corrected chi connectivity index (χ0v) is 7.51. The second-order valence-corrected chi connectivity index (χ2v) is 2.71. The first-order valence-corrected chi connectivity index (χ1v) is 4.12. The first-order chi connectivity index (χ1) is 6.57. The van der Waals surface area contributed by atoms with Crippen LogP contribution in [0.5, 0.6) is 0 Å². The molecule has 0 spiro atoms. The molecule has 80 valence electrons. The molecule has 1 N–H and O–H groups in total. The quantitative estimate of drug-likeness (QED) is 0.285. The number of rotatable bonds is 7. The molecule has 0 aromatic carbocycles. The van der Waals surface area contributed by atoms with Gasteiger partial charge in [0.1, 0.15) is 5.71 Å². The van der Waals surface area contributed by atoms with Crippen molar-refractivity contribution in [3.8, 4) is 0 Å². The van der Waals surface area contributed by atoms with E-state index in [2.05, 4.69) is 5.16 Å². The molecule has 0 saturated heterocycles. The summed E-state index contributed by atoms with van der Waals surface area (Å²) in [7, 11) is 0. The van der Waals surface area contributed by atoms with Crippen molar-refractivity contribution in [3.05, 3.63) is 15.3 Å². The maximum Gasteiger partial charge on any atom is 0.349 e. The van der Waals surface area contributed by atoms with Crippen molar-refractivity contribution in [2.24, 2.45) is 5.16 Å². The summed E-state index contributed by atoms with van der Waals surface area (Å²) in [5, 5.41) is 30.6. The topological polar surface area (TPSA) is 116 Å².